The van der Waals surface area contributed by atoms with Crippen LogP contribution in [0.2, 0.25) is 0 Å². The minimum absolute atomic E-state index is 0.0179. The van der Waals surface area contributed by atoms with Gasteiger partial charge in [0.05, 0.1) is 5.52 Å². The lowest BCUT2D eigenvalue weighted by Crippen LogP contribution is -2.39. The fourth-order valence-electron chi connectivity index (χ4n) is 5.83. The SMILES string of the molecule is CN1CCC(C(=O)Nc2nn(C(c3ccccc3)(c3ccccc3)c3ccccc3)c3ccc(Br)cc23)CC1. The van der Waals surface area contributed by atoms with E-state index in [2.05, 4.69) is 123 Å². The zero-order valence-electron chi connectivity index (χ0n) is 21.9. The summed E-state index contributed by atoms with van der Waals surface area (Å²) in [7, 11) is 2.11. The minimum atomic E-state index is -0.771. The lowest BCUT2D eigenvalue weighted by atomic mass is 9.77. The smallest absolute Gasteiger partial charge is 0.228 e. The molecule has 0 bridgehead atoms. The van der Waals surface area contributed by atoms with Crippen LogP contribution in [0, 0.1) is 5.92 Å². The van der Waals surface area contributed by atoms with Gasteiger partial charge in [-0.05, 0) is 67.9 Å². The van der Waals surface area contributed by atoms with Crippen LogP contribution in [0.25, 0.3) is 10.9 Å². The fourth-order valence-corrected chi connectivity index (χ4v) is 6.19. The second-order valence-corrected chi connectivity index (χ2v) is 11.2. The van der Waals surface area contributed by atoms with Crippen LogP contribution < -0.4 is 5.32 Å². The number of aromatic nitrogens is 2. The lowest BCUT2D eigenvalue weighted by molar-refractivity contribution is -0.121. The Bertz CT molecular complexity index is 1480. The van der Waals surface area contributed by atoms with Gasteiger partial charge in [0, 0.05) is 15.8 Å². The molecule has 0 saturated carbocycles. The summed E-state index contributed by atoms with van der Waals surface area (Å²) < 4.78 is 3.04. The molecule has 1 fully saturated rings. The van der Waals surface area contributed by atoms with Crippen LogP contribution in [0.4, 0.5) is 5.82 Å². The lowest BCUT2D eigenvalue weighted by Gasteiger charge is -2.37. The summed E-state index contributed by atoms with van der Waals surface area (Å²) in [6, 6.07) is 37.6. The Morgan fingerprint density at radius 2 is 1.33 bits per heavy atom. The Kier molecular flexibility index (Phi) is 7.07. The van der Waals surface area contributed by atoms with E-state index in [0.717, 1.165) is 58.0 Å². The number of nitrogens with zero attached hydrogens (tertiary/aromatic N) is 3. The van der Waals surface area contributed by atoms with Gasteiger partial charge >= 0.3 is 0 Å². The number of likely N-dealkylation sites (tertiary alicyclic amines) is 1. The van der Waals surface area contributed by atoms with Crippen molar-refractivity contribution in [2.75, 3.05) is 25.5 Å². The molecule has 2 heterocycles. The molecule has 1 aliphatic rings. The molecule has 4 aromatic carbocycles. The Labute approximate surface area is 237 Å². The number of carbonyl (C=O) groups is 1. The maximum atomic E-state index is 13.5. The van der Waals surface area contributed by atoms with Gasteiger partial charge < -0.3 is 10.2 Å². The first-order valence-corrected chi connectivity index (χ1v) is 14.2. The largest absolute Gasteiger partial charge is 0.308 e. The van der Waals surface area contributed by atoms with Crippen LogP contribution in [0.5, 0.6) is 0 Å². The molecule has 1 N–H and O–H groups in total. The average Bonchev–Trinajstić information content (AvgIpc) is 3.33. The molecule has 1 aliphatic heterocycles. The number of carbonyl (C=O) groups excluding carboxylic acids is 1. The summed E-state index contributed by atoms with van der Waals surface area (Å²) in [6.07, 6.45) is 1.71. The third-order valence-electron chi connectivity index (χ3n) is 7.87. The minimum Gasteiger partial charge on any atom is -0.308 e. The summed E-state index contributed by atoms with van der Waals surface area (Å²) >= 11 is 3.66. The molecule has 0 unspecified atom stereocenters. The van der Waals surface area contributed by atoms with E-state index < -0.39 is 5.54 Å². The van der Waals surface area contributed by atoms with Gasteiger partial charge in [-0.25, -0.2) is 4.68 Å². The standard InChI is InChI=1S/C33H31BrN4O/c1-37-21-19-24(20-22-37)32(39)35-31-29-23-28(34)17-18-30(29)38(36-31)33(25-11-5-2-6-12-25,26-13-7-3-8-14-26)27-15-9-4-10-16-27/h2-18,23-24H,19-22H2,1H3,(H,35,36,39). The predicted octanol–water partition coefficient (Wildman–Crippen LogP) is 6.92. The molecule has 0 radical (unpaired) electrons. The molecule has 1 amide bonds. The molecular weight excluding hydrogens is 548 g/mol. The number of anilines is 1. The van der Waals surface area contributed by atoms with Crippen molar-refractivity contribution in [3.63, 3.8) is 0 Å². The molecular formula is C33H31BrN4O. The first-order valence-electron chi connectivity index (χ1n) is 13.4. The van der Waals surface area contributed by atoms with Crippen molar-refractivity contribution in [1.29, 1.82) is 0 Å². The van der Waals surface area contributed by atoms with Crippen molar-refractivity contribution in [2.24, 2.45) is 5.92 Å². The zero-order valence-corrected chi connectivity index (χ0v) is 23.5. The molecule has 5 nitrogen and oxygen atoms in total. The summed E-state index contributed by atoms with van der Waals surface area (Å²) in [5, 5.41) is 9.37. The monoisotopic (exact) mass is 578 g/mol. The van der Waals surface area contributed by atoms with Crippen molar-refractivity contribution >= 4 is 38.6 Å². The van der Waals surface area contributed by atoms with E-state index in [0.29, 0.717) is 5.82 Å². The van der Waals surface area contributed by atoms with Crippen molar-refractivity contribution in [2.45, 2.75) is 18.4 Å². The van der Waals surface area contributed by atoms with E-state index in [4.69, 9.17) is 5.10 Å². The number of fused-ring (bicyclic) bond motifs is 1. The van der Waals surface area contributed by atoms with Crippen LogP contribution in [0.1, 0.15) is 29.5 Å². The third-order valence-corrected chi connectivity index (χ3v) is 8.36. The number of halogens is 1. The van der Waals surface area contributed by atoms with Gasteiger partial charge in [-0.2, -0.15) is 5.10 Å². The van der Waals surface area contributed by atoms with Crippen LogP contribution in [0.15, 0.2) is 114 Å². The molecule has 1 saturated heterocycles. The van der Waals surface area contributed by atoms with Crippen LogP contribution in [-0.4, -0.2) is 40.7 Å². The molecule has 1 aromatic heterocycles. The summed E-state index contributed by atoms with van der Waals surface area (Å²) in [4.78, 5) is 15.8. The van der Waals surface area contributed by atoms with E-state index >= 15 is 0 Å². The number of piperidine rings is 1. The number of rotatable bonds is 6. The molecule has 0 aliphatic carbocycles. The zero-order chi connectivity index (χ0) is 26.8. The molecule has 0 atom stereocenters. The highest BCUT2D eigenvalue weighted by molar-refractivity contribution is 9.10. The van der Waals surface area contributed by atoms with Gasteiger partial charge in [0.2, 0.25) is 5.91 Å². The maximum absolute atomic E-state index is 13.5. The van der Waals surface area contributed by atoms with E-state index in [9.17, 15) is 4.79 Å². The van der Waals surface area contributed by atoms with Crippen molar-refractivity contribution in [1.82, 2.24) is 14.7 Å². The third kappa shape index (κ3) is 4.68. The van der Waals surface area contributed by atoms with Gasteiger partial charge in [0.15, 0.2) is 5.82 Å². The quantitative estimate of drug-likeness (QED) is 0.222. The second-order valence-electron chi connectivity index (χ2n) is 10.3. The number of hydrogen-bond donors (Lipinski definition) is 1. The van der Waals surface area contributed by atoms with Crippen molar-refractivity contribution in [3.05, 3.63) is 130 Å². The second kappa shape index (κ2) is 10.8. The predicted molar refractivity (Wildman–Crippen MR) is 161 cm³/mol. The Morgan fingerprint density at radius 1 is 0.821 bits per heavy atom. The van der Waals surface area contributed by atoms with Gasteiger partial charge in [0.1, 0.15) is 5.54 Å². The van der Waals surface area contributed by atoms with Gasteiger partial charge in [-0.3, -0.25) is 4.79 Å². The highest BCUT2D eigenvalue weighted by Gasteiger charge is 2.41. The maximum Gasteiger partial charge on any atom is 0.228 e. The van der Waals surface area contributed by atoms with E-state index in [1.807, 2.05) is 24.3 Å². The van der Waals surface area contributed by atoms with Crippen molar-refractivity contribution in [3.8, 4) is 0 Å². The summed E-state index contributed by atoms with van der Waals surface area (Å²) in [5.41, 5.74) is 3.43. The Balaban J connectivity index is 1.60. The van der Waals surface area contributed by atoms with Gasteiger partial charge in [-0.1, -0.05) is 107 Å². The van der Waals surface area contributed by atoms with Gasteiger partial charge in [-0.15, -0.1) is 0 Å². The van der Waals surface area contributed by atoms with E-state index in [1.165, 1.54) is 0 Å². The number of amides is 1. The normalized spacial score (nSPS) is 14.9. The molecule has 0 spiro atoms. The van der Waals surface area contributed by atoms with Crippen LogP contribution in [0.3, 0.4) is 0 Å². The Morgan fingerprint density at radius 3 is 1.85 bits per heavy atom. The molecule has 5 aromatic rings. The number of hydrogen-bond acceptors (Lipinski definition) is 3. The van der Waals surface area contributed by atoms with Gasteiger partial charge in [0.25, 0.3) is 0 Å². The summed E-state index contributed by atoms with van der Waals surface area (Å²) in [6.45, 7) is 1.86. The molecule has 6 rings (SSSR count). The van der Waals surface area contributed by atoms with Crippen molar-refractivity contribution < 1.29 is 4.79 Å². The van der Waals surface area contributed by atoms with E-state index in [1.54, 1.807) is 0 Å². The van der Waals surface area contributed by atoms with Crippen LogP contribution in [-0.2, 0) is 10.3 Å². The van der Waals surface area contributed by atoms with Crippen LogP contribution >= 0.6 is 15.9 Å². The molecule has 39 heavy (non-hydrogen) atoms. The van der Waals surface area contributed by atoms with E-state index in [-0.39, 0.29) is 11.8 Å². The molecule has 6 heteroatoms. The first-order chi connectivity index (χ1) is 19.1. The highest BCUT2D eigenvalue weighted by Crippen LogP contribution is 2.43. The average molecular weight is 580 g/mol. The topological polar surface area (TPSA) is 50.2 Å². The fraction of sp³-hybridized carbons (Fsp3) is 0.212. The number of nitrogens with one attached hydrogen (secondary N) is 1. The highest BCUT2D eigenvalue weighted by atomic mass is 79.9. The number of benzene rings is 4. The summed E-state index contributed by atoms with van der Waals surface area (Å²) in [5.74, 6) is 0.609. The first kappa shape index (κ1) is 25.5. The molecule has 196 valence electrons. The Hall–Kier alpha value is -3.74.